The molecule has 0 bridgehead atoms. The van der Waals surface area contributed by atoms with E-state index in [0.717, 1.165) is 28.5 Å². The lowest BCUT2D eigenvalue weighted by atomic mass is 9.96. The van der Waals surface area contributed by atoms with Crippen LogP contribution in [0.15, 0.2) is 48.0 Å². The van der Waals surface area contributed by atoms with Crippen molar-refractivity contribution in [2.24, 2.45) is 0 Å². The van der Waals surface area contributed by atoms with Crippen molar-refractivity contribution in [1.29, 1.82) is 0 Å². The molecule has 0 saturated heterocycles. The fourth-order valence-electron chi connectivity index (χ4n) is 4.38. The van der Waals surface area contributed by atoms with Gasteiger partial charge in [0.2, 0.25) is 10.0 Å². The van der Waals surface area contributed by atoms with E-state index < -0.39 is 15.6 Å². The number of benzene rings is 2. The lowest BCUT2D eigenvalue weighted by molar-refractivity contribution is 0.0259. The van der Waals surface area contributed by atoms with E-state index in [1.165, 1.54) is 0 Å². The Morgan fingerprint density at radius 2 is 1.78 bits per heavy atom. The molecule has 198 valence electrons. The normalized spacial score (nSPS) is 16.1. The van der Waals surface area contributed by atoms with Crippen molar-refractivity contribution in [3.05, 3.63) is 64.7 Å². The van der Waals surface area contributed by atoms with E-state index in [0.29, 0.717) is 56.1 Å². The Labute approximate surface area is 217 Å². The van der Waals surface area contributed by atoms with Gasteiger partial charge in [0.25, 0.3) is 5.91 Å². The molecule has 2 aromatic rings. The Kier molecular flexibility index (Phi) is 7.49. The second-order valence-corrected chi connectivity index (χ2v) is 12.0. The molecule has 0 aromatic heterocycles. The van der Waals surface area contributed by atoms with E-state index in [1.54, 1.807) is 23.1 Å². The maximum atomic E-state index is 12.8. The van der Waals surface area contributed by atoms with E-state index >= 15 is 0 Å². The summed E-state index contributed by atoms with van der Waals surface area (Å²) in [7, 11) is -3.38. The van der Waals surface area contributed by atoms with Gasteiger partial charge in [0.1, 0.15) is 18.0 Å². The van der Waals surface area contributed by atoms with Gasteiger partial charge in [-0.05, 0) is 80.2 Å². The van der Waals surface area contributed by atoms with Crippen LogP contribution in [0, 0.1) is 0 Å². The largest absolute Gasteiger partial charge is 0.489 e. The molecule has 0 spiro atoms. The summed E-state index contributed by atoms with van der Waals surface area (Å²) in [4.78, 5) is 26.5. The number of amides is 2. The first-order valence-electron chi connectivity index (χ1n) is 12.2. The average Bonchev–Trinajstić information content (AvgIpc) is 3.03. The van der Waals surface area contributed by atoms with Gasteiger partial charge in [-0.1, -0.05) is 18.2 Å². The molecule has 0 saturated carbocycles. The van der Waals surface area contributed by atoms with Crippen LogP contribution in [0.1, 0.15) is 55.1 Å². The number of anilines is 1. The number of hydrogen-bond acceptors (Lipinski definition) is 6. The zero-order valence-electron chi connectivity index (χ0n) is 21.6. The highest BCUT2D eigenvalue weighted by Gasteiger charge is 2.26. The minimum atomic E-state index is -3.38. The fraction of sp³-hybridized carbons (Fsp3) is 0.407. The van der Waals surface area contributed by atoms with Crippen molar-refractivity contribution in [2.45, 2.75) is 45.8 Å². The third-order valence-corrected chi connectivity index (χ3v) is 6.72. The fourth-order valence-corrected chi connectivity index (χ4v) is 4.94. The minimum Gasteiger partial charge on any atom is -0.489 e. The van der Waals surface area contributed by atoms with Crippen LogP contribution in [0.25, 0.3) is 5.57 Å². The number of rotatable bonds is 6. The Morgan fingerprint density at radius 1 is 1.08 bits per heavy atom. The zero-order valence-corrected chi connectivity index (χ0v) is 22.4. The summed E-state index contributed by atoms with van der Waals surface area (Å²) in [5, 5.41) is 2.81. The smallest absolute Gasteiger partial charge is 0.410 e. The molecule has 2 heterocycles. The summed E-state index contributed by atoms with van der Waals surface area (Å²) in [5.74, 6) is 0.495. The third-order valence-electron chi connectivity index (χ3n) is 6.11. The van der Waals surface area contributed by atoms with Gasteiger partial charge in [0.15, 0.2) is 0 Å². The SMILES string of the molecule is CC(C)(C)OC(=O)N1CCC(COc2ccc3c(c2)C(=O)NC3)=C(c2ccc(NS(C)(=O)=O)cc2)CC1. The monoisotopic (exact) mass is 527 g/mol. The summed E-state index contributed by atoms with van der Waals surface area (Å²) in [6.07, 6.45) is 1.93. The number of nitrogens with zero attached hydrogens (tertiary/aromatic N) is 1. The molecule has 2 aliphatic heterocycles. The molecule has 9 nitrogen and oxygen atoms in total. The molecule has 2 aliphatic rings. The highest BCUT2D eigenvalue weighted by molar-refractivity contribution is 7.92. The van der Waals surface area contributed by atoms with Gasteiger partial charge in [-0.3, -0.25) is 9.52 Å². The van der Waals surface area contributed by atoms with Gasteiger partial charge in [-0.2, -0.15) is 0 Å². The van der Waals surface area contributed by atoms with E-state index in [4.69, 9.17) is 9.47 Å². The highest BCUT2D eigenvalue weighted by Crippen LogP contribution is 2.31. The highest BCUT2D eigenvalue weighted by atomic mass is 32.2. The molecule has 2 amide bonds. The number of ether oxygens (including phenoxy) is 2. The summed E-state index contributed by atoms with van der Waals surface area (Å²) < 4.78 is 37.4. The van der Waals surface area contributed by atoms with E-state index in [-0.39, 0.29) is 12.0 Å². The molecule has 2 aromatic carbocycles. The van der Waals surface area contributed by atoms with Crippen LogP contribution in [0.3, 0.4) is 0 Å². The van der Waals surface area contributed by atoms with E-state index in [2.05, 4.69) is 10.0 Å². The van der Waals surface area contributed by atoms with Crippen molar-refractivity contribution >= 4 is 33.3 Å². The van der Waals surface area contributed by atoms with Gasteiger partial charge in [-0.15, -0.1) is 0 Å². The topological polar surface area (TPSA) is 114 Å². The van der Waals surface area contributed by atoms with Crippen LogP contribution in [0.5, 0.6) is 5.75 Å². The first-order valence-corrected chi connectivity index (χ1v) is 14.1. The van der Waals surface area contributed by atoms with Crippen molar-refractivity contribution in [3.8, 4) is 5.75 Å². The molecule has 0 radical (unpaired) electrons. The van der Waals surface area contributed by atoms with E-state index in [1.807, 2.05) is 45.0 Å². The van der Waals surface area contributed by atoms with Crippen LogP contribution in [-0.4, -0.2) is 56.9 Å². The molecular formula is C27H33N3O6S. The number of hydrogen-bond donors (Lipinski definition) is 2. The van der Waals surface area contributed by atoms with Crippen molar-refractivity contribution in [2.75, 3.05) is 30.7 Å². The standard InChI is InChI=1S/C27H33N3O6S/c1-27(2,3)36-26(32)30-13-11-20(17-35-22-10-7-19-16-28-25(31)24(19)15-22)23(12-14-30)18-5-8-21(9-6-18)29-37(4,33)34/h5-10,15,29H,11-14,16-17H2,1-4H3,(H,28,31). The predicted molar refractivity (Wildman–Crippen MR) is 142 cm³/mol. The first kappa shape index (κ1) is 26.5. The maximum absolute atomic E-state index is 12.8. The Hall–Kier alpha value is -3.53. The quantitative estimate of drug-likeness (QED) is 0.583. The number of carbonyl (C=O) groups is 2. The van der Waals surface area contributed by atoms with Crippen LogP contribution in [-0.2, 0) is 21.3 Å². The molecule has 0 atom stereocenters. The predicted octanol–water partition coefficient (Wildman–Crippen LogP) is 4.17. The second kappa shape index (κ2) is 10.5. The lowest BCUT2D eigenvalue weighted by Gasteiger charge is -2.26. The van der Waals surface area contributed by atoms with Crippen LogP contribution in [0.2, 0.25) is 0 Å². The molecule has 2 N–H and O–H groups in total. The van der Waals surface area contributed by atoms with Gasteiger partial charge in [0.05, 0.1) is 6.26 Å². The van der Waals surface area contributed by atoms with Crippen molar-refractivity contribution in [1.82, 2.24) is 10.2 Å². The maximum Gasteiger partial charge on any atom is 0.410 e. The number of carbonyl (C=O) groups excluding carboxylic acids is 2. The Morgan fingerprint density at radius 3 is 2.46 bits per heavy atom. The molecule has 4 rings (SSSR count). The van der Waals surface area contributed by atoms with Gasteiger partial charge >= 0.3 is 6.09 Å². The van der Waals surface area contributed by atoms with Gasteiger partial charge < -0.3 is 19.7 Å². The lowest BCUT2D eigenvalue weighted by Crippen LogP contribution is -2.37. The minimum absolute atomic E-state index is 0.106. The first-order chi connectivity index (χ1) is 17.4. The Balaban J connectivity index is 1.57. The number of sulfonamides is 1. The number of nitrogens with one attached hydrogen (secondary N) is 2. The summed E-state index contributed by atoms with van der Waals surface area (Å²) >= 11 is 0. The van der Waals surface area contributed by atoms with Crippen LogP contribution in [0.4, 0.5) is 10.5 Å². The van der Waals surface area contributed by atoms with Crippen LogP contribution >= 0.6 is 0 Å². The molecule has 37 heavy (non-hydrogen) atoms. The van der Waals surface area contributed by atoms with Crippen molar-refractivity contribution < 1.29 is 27.5 Å². The Bertz CT molecular complexity index is 1330. The summed E-state index contributed by atoms with van der Waals surface area (Å²) in [6.45, 7) is 7.31. The van der Waals surface area contributed by atoms with Crippen LogP contribution < -0.4 is 14.8 Å². The molecule has 10 heteroatoms. The summed E-state index contributed by atoms with van der Waals surface area (Å²) in [5.41, 5.74) is 4.45. The van der Waals surface area contributed by atoms with E-state index in [9.17, 15) is 18.0 Å². The molecule has 0 aliphatic carbocycles. The number of fused-ring (bicyclic) bond motifs is 1. The molecule has 0 fully saturated rings. The van der Waals surface area contributed by atoms with Gasteiger partial charge in [-0.25, -0.2) is 13.2 Å². The third kappa shape index (κ3) is 7.03. The summed E-state index contributed by atoms with van der Waals surface area (Å²) in [6, 6.07) is 12.7. The van der Waals surface area contributed by atoms with Crippen molar-refractivity contribution in [3.63, 3.8) is 0 Å². The van der Waals surface area contributed by atoms with Gasteiger partial charge in [0, 0.05) is 30.9 Å². The zero-order chi connectivity index (χ0) is 26.8. The second-order valence-electron chi connectivity index (χ2n) is 10.3. The molecule has 0 unspecified atom stereocenters. The molecular weight excluding hydrogens is 494 g/mol. The average molecular weight is 528 g/mol.